The minimum atomic E-state index is -0.887. The topological polar surface area (TPSA) is 104 Å². The van der Waals surface area contributed by atoms with Gasteiger partial charge < -0.3 is 15.4 Å². The highest BCUT2D eigenvalue weighted by molar-refractivity contribution is 7.23. The predicted molar refractivity (Wildman–Crippen MR) is 121 cm³/mol. The lowest BCUT2D eigenvalue weighted by molar-refractivity contribution is -0.118. The molecule has 2 N–H and O–H groups in total. The molecule has 0 fully saturated rings. The molecule has 1 unspecified atom stereocenters. The fourth-order valence-electron chi connectivity index (χ4n) is 2.81. The number of carbonyl (C=O) groups excluding carboxylic acids is 2. The first kappa shape index (κ1) is 22.5. The fourth-order valence-corrected chi connectivity index (χ4v) is 4.03. The number of carbonyl (C=O) groups is 2. The molecule has 2 amide bonds. The van der Waals surface area contributed by atoms with E-state index in [-0.39, 0.29) is 6.42 Å². The number of nitrogens with one attached hydrogen (secondary N) is 2. The smallest absolute Gasteiger partial charge is 0.408 e. The molecule has 3 rings (SSSR count). The van der Waals surface area contributed by atoms with Crippen LogP contribution in [0, 0.1) is 11.3 Å². The molecule has 1 atom stereocenters. The molecule has 1 aromatic carbocycles. The number of benzene rings is 1. The summed E-state index contributed by atoms with van der Waals surface area (Å²) in [6, 6.07) is 9.77. The van der Waals surface area contributed by atoms with Crippen LogP contribution in [0.4, 0.5) is 9.80 Å². The van der Waals surface area contributed by atoms with E-state index >= 15 is 0 Å². The van der Waals surface area contributed by atoms with Crippen LogP contribution in [-0.2, 0) is 16.0 Å². The summed E-state index contributed by atoms with van der Waals surface area (Å²) in [5.41, 5.74) is 0.605. The molecular weight excluding hydrogens is 436 g/mol. The molecule has 0 aliphatic rings. The molecule has 2 heterocycles. The number of alkyl carbamates (subject to hydrolysis) is 1. The molecule has 2 aromatic heterocycles. The number of aromatic nitrogens is 1. The Labute approximate surface area is 189 Å². The van der Waals surface area contributed by atoms with Crippen molar-refractivity contribution in [2.75, 3.05) is 5.32 Å². The van der Waals surface area contributed by atoms with E-state index in [0.29, 0.717) is 15.6 Å². The maximum Gasteiger partial charge on any atom is 0.408 e. The summed E-state index contributed by atoms with van der Waals surface area (Å²) >= 11 is 7.51. The van der Waals surface area contributed by atoms with E-state index < -0.39 is 23.6 Å². The third-order valence-corrected chi connectivity index (χ3v) is 5.46. The summed E-state index contributed by atoms with van der Waals surface area (Å²) in [7, 11) is 0. The van der Waals surface area contributed by atoms with Gasteiger partial charge in [0.15, 0.2) is 0 Å². The number of halogens is 1. The van der Waals surface area contributed by atoms with Crippen molar-refractivity contribution in [2.24, 2.45) is 0 Å². The van der Waals surface area contributed by atoms with Crippen molar-refractivity contribution in [3.8, 4) is 6.07 Å². The molecule has 160 valence electrons. The Kier molecular flexibility index (Phi) is 6.78. The molecular formula is C22H21ClN4O3S. The van der Waals surface area contributed by atoms with E-state index in [2.05, 4.69) is 21.7 Å². The van der Waals surface area contributed by atoms with Crippen molar-refractivity contribution in [3.05, 3.63) is 58.9 Å². The zero-order chi connectivity index (χ0) is 22.6. The first-order valence-corrected chi connectivity index (χ1v) is 10.7. The van der Waals surface area contributed by atoms with Gasteiger partial charge in [0.2, 0.25) is 5.91 Å². The van der Waals surface area contributed by atoms with Gasteiger partial charge in [-0.2, -0.15) is 5.26 Å². The summed E-state index contributed by atoms with van der Waals surface area (Å²) in [5.74, 6) is -0.397. The van der Waals surface area contributed by atoms with Gasteiger partial charge in [0.1, 0.15) is 11.6 Å². The number of ether oxygens (including phenoxy) is 1. The van der Waals surface area contributed by atoms with Gasteiger partial charge >= 0.3 is 6.09 Å². The van der Waals surface area contributed by atoms with E-state index in [9.17, 15) is 9.59 Å². The van der Waals surface area contributed by atoms with Crippen molar-refractivity contribution in [1.82, 2.24) is 10.3 Å². The van der Waals surface area contributed by atoms with Crippen LogP contribution in [0.1, 0.15) is 31.9 Å². The Morgan fingerprint density at radius 1 is 1.26 bits per heavy atom. The second-order valence-corrected chi connectivity index (χ2v) is 9.34. The normalized spacial score (nSPS) is 12.1. The number of nitrogens with zero attached hydrogens (tertiary/aromatic N) is 2. The van der Waals surface area contributed by atoms with Crippen molar-refractivity contribution in [2.45, 2.75) is 38.8 Å². The van der Waals surface area contributed by atoms with Crippen LogP contribution in [0.15, 0.2) is 42.7 Å². The number of pyridine rings is 1. The lowest BCUT2D eigenvalue weighted by atomic mass is 10.0. The highest BCUT2D eigenvalue weighted by atomic mass is 35.5. The van der Waals surface area contributed by atoms with Crippen molar-refractivity contribution < 1.29 is 14.3 Å². The third kappa shape index (κ3) is 6.17. The van der Waals surface area contributed by atoms with Gasteiger partial charge in [-0.15, -0.1) is 11.3 Å². The fraction of sp³-hybridized carbons (Fsp3) is 0.273. The number of rotatable bonds is 5. The van der Waals surface area contributed by atoms with E-state index in [4.69, 9.17) is 21.6 Å². The van der Waals surface area contributed by atoms with Crippen molar-refractivity contribution in [3.63, 3.8) is 0 Å². The van der Waals surface area contributed by atoms with Gasteiger partial charge in [-0.1, -0.05) is 23.7 Å². The second-order valence-electron chi connectivity index (χ2n) is 7.84. The van der Waals surface area contributed by atoms with Gasteiger partial charge in [-0.05, 0) is 44.5 Å². The summed E-state index contributed by atoms with van der Waals surface area (Å²) in [5, 5.41) is 16.3. The van der Waals surface area contributed by atoms with Gasteiger partial charge in [0, 0.05) is 24.2 Å². The number of hydrogen-bond acceptors (Lipinski definition) is 6. The molecule has 0 bridgehead atoms. The summed E-state index contributed by atoms with van der Waals surface area (Å²) in [4.78, 5) is 29.4. The standard InChI is InChI=1S/C22H21ClN4O3S/c1-22(2,3)30-21(29)26-17(8-13-4-6-14(10-24)7-5-13)20(28)27-19-9-15-16(23)11-25-12-18(15)31-19/h4-7,9,11-12,17H,8H2,1-3H3,(H,26,29)(H,27,28). The predicted octanol–water partition coefficient (Wildman–Crippen LogP) is 4.90. The number of hydrogen-bond donors (Lipinski definition) is 2. The summed E-state index contributed by atoms with van der Waals surface area (Å²) in [6.45, 7) is 5.24. The maximum atomic E-state index is 13.0. The maximum absolute atomic E-state index is 13.0. The number of anilines is 1. The number of amides is 2. The van der Waals surface area contributed by atoms with Crippen LogP contribution in [-0.4, -0.2) is 28.6 Å². The van der Waals surface area contributed by atoms with Gasteiger partial charge in [-0.25, -0.2) is 4.79 Å². The van der Waals surface area contributed by atoms with Crippen LogP contribution in [0.25, 0.3) is 10.1 Å². The monoisotopic (exact) mass is 456 g/mol. The van der Waals surface area contributed by atoms with Gasteiger partial charge in [0.05, 0.1) is 26.4 Å². The number of nitriles is 1. The molecule has 0 saturated heterocycles. The average Bonchev–Trinajstić information content (AvgIpc) is 3.10. The lowest BCUT2D eigenvalue weighted by Crippen LogP contribution is -2.47. The first-order chi connectivity index (χ1) is 14.6. The Balaban J connectivity index is 1.80. The molecule has 9 heteroatoms. The Bertz CT molecular complexity index is 1150. The van der Waals surface area contributed by atoms with Gasteiger partial charge in [0.25, 0.3) is 0 Å². The quantitative estimate of drug-likeness (QED) is 0.568. The van der Waals surface area contributed by atoms with E-state index in [1.807, 2.05) is 0 Å². The Morgan fingerprint density at radius 3 is 2.58 bits per heavy atom. The van der Waals surface area contributed by atoms with E-state index in [1.165, 1.54) is 11.3 Å². The van der Waals surface area contributed by atoms with E-state index in [1.54, 1.807) is 63.5 Å². The third-order valence-electron chi connectivity index (χ3n) is 4.17. The molecule has 7 nitrogen and oxygen atoms in total. The molecule has 3 aromatic rings. The SMILES string of the molecule is CC(C)(C)OC(=O)NC(Cc1ccc(C#N)cc1)C(=O)Nc1cc2c(Cl)cncc2s1. The van der Waals surface area contributed by atoms with Crippen molar-refractivity contribution in [1.29, 1.82) is 5.26 Å². The van der Waals surface area contributed by atoms with E-state index in [0.717, 1.165) is 15.6 Å². The minimum absolute atomic E-state index is 0.226. The van der Waals surface area contributed by atoms with Crippen LogP contribution in [0.2, 0.25) is 5.02 Å². The van der Waals surface area contributed by atoms with Crippen LogP contribution in [0.3, 0.4) is 0 Å². The summed E-state index contributed by atoms with van der Waals surface area (Å²) in [6.07, 6.45) is 2.75. The second kappa shape index (κ2) is 9.33. The zero-order valence-corrected chi connectivity index (χ0v) is 18.8. The molecule has 0 spiro atoms. The number of thiophene rings is 1. The molecule has 0 aliphatic heterocycles. The highest BCUT2D eigenvalue weighted by Crippen LogP contribution is 2.33. The lowest BCUT2D eigenvalue weighted by Gasteiger charge is -2.23. The Hall–Kier alpha value is -3.15. The highest BCUT2D eigenvalue weighted by Gasteiger charge is 2.25. The molecule has 0 aliphatic carbocycles. The zero-order valence-electron chi connectivity index (χ0n) is 17.2. The van der Waals surface area contributed by atoms with Crippen molar-refractivity contribution >= 4 is 50.0 Å². The number of fused-ring (bicyclic) bond motifs is 1. The summed E-state index contributed by atoms with van der Waals surface area (Å²) < 4.78 is 6.15. The van der Waals surface area contributed by atoms with Gasteiger partial charge in [-0.3, -0.25) is 9.78 Å². The van der Waals surface area contributed by atoms with Crippen LogP contribution < -0.4 is 10.6 Å². The molecule has 0 saturated carbocycles. The largest absolute Gasteiger partial charge is 0.444 e. The van der Waals surface area contributed by atoms with Crippen LogP contribution in [0.5, 0.6) is 0 Å². The molecule has 0 radical (unpaired) electrons. The first-order valence-electron chi connectivity index (χ1n) is 9.47. The minimum Gasteiger partial charge on any atom is -0.444 e. The Morgan fingerprint density at radius 2 is 1.97 bits per heavy atom. The average molecular weight is 457 g/mol. The van der Waals surface area contributed by atoms with Crippen LogP contribution >= 0.6 is 22.9 Å². The molecule has 31 heavy (non-hydrogen) atoms.